The zero-order valence-corrected chi connectivity index (χ0v) is 10.9. The molecule has 0 unspecified atom stereocenters. The lowest BCUT2D eigenvalue weighted by Crippen LogP contribution is -2.08. The molecular formula is C16H11F3N2. The van der Waals surface area contributed by atoms with Crippen LogP contribution in [-0.2, 0) is 6.18 Å². The van der Waals surface area contributed by atoms with Gasteiger partial charge in [0, 0.05) is 5.56 Å². The first kappa shape index (κ1) is 13.4. The van der Waals surface area contributed by atoms with Crippen LogP contribution in [0.3, 0.4) is 0 Å². The van der Waals surface area contributed by atoms with E-state index in [4.69, 9.17) is 0 Å². The maximum Gasteiger partial charge on any atom is 0.417 e. The molecule has 3 rings (SSSR count). The van der Waals surface area contributed by atoms with Crippen LogP contribution in [0.2, 0.25) is 0 Å². The third-order valence-corrected chi connectivity index (χ3v) is 3.15. The number of para-hydroxylation sites is 1. The summed E-state index contributed by atoms with van der Waals surface area (Å²) in [7, 11) is 0. The van der Waals surface area contributed by atoms with E-state index in [1.807, 2.05) is 18.2 Å². The van der Waals surface area contributed by atoms with Crippen LogP contribution in [0.5, 0.6) is 0 Å². The quantitative estimate of drug-likeness (QED) is 0.676. The van der Waals surface area contributed by atoms with E-state index in [0.29, 0.717) is 5.69 Å². The van der Waals surface area contributed by atoms with E-state index >= 15 is 0 Å². The average Bonchev–Trinajstić information content (AvgIpc) is 2.96. The molecule has 0 spiro atoms. The largest absolute Gasteiger partial charge is 0.417 e. The van der Waals surface area contributed by atoms with Crippen molar-refractivity contribution in [2.24, 2.45) is 0 Å². The van der Waals surface area contributed by atoms with Gasteiger partial charge >= 0.3 is 6.18 Å². The normalized spacial score (nSPS) is 11.6. The minimum Gasteiger partial charge on any atom is -0.233 e. The maximum atomic E-state index is 13.1. The van der Waals surface area contributed by atoms with Crippen molar-refractivity contribution in [2.45, 2.75) is 6.18 Å². The highest BCUT2D eigenvalue weighted by atomic mass is 19.4. The lowest BCUT2D eigenvalue weighted by Gasteiger charge is -2.14. The Labute approximate surface area is 119 Å². The molecule has 0 N–H and O–H groups in total. The highest BCUT2D eigenvalue weighted by molar-refractivity contribution is 5.66. The number of hydrogen-bond acceptors (Lipinski definition) is 1. The lowest BCUT2D eigenvalue weighted by molar-refractivity contribution is -0.137. The summed E-state index contributed by atoms with van der Waals surface area (Å²) in [6.45, 7) is 0. The van der Waals surface area contributed by atoms with Gasteiger partial charge in [-0.05, 0) is 24.3 Å². The first-order valence-electron chi connectivity index (χ1n) is 6.33. The molecule has 0 aliphatic heterocycles. The second-order valence-electron chi connectivity index (χ2n) is 4.51. The van der Waals surface area contributed by atoms with Crippen LogP contribution >= 0.6 is 0 Å². The van der Waals surface area contributed by atoms with Gasteiger partial charge < -0.3 is 0 Å². The Kier molecular flexibility index (Phi) is 3.25. The van der Waals surface area contributed by atoms with Crippen LogP contribution in [0.25, 0.3) is 16.9 Å². The van der Waals surface area contributed by atoms with Crippen LogP contribution in [0.15, 0.2) is 66.9 Å². The van der Waals surface area contributed by atoms with Crippen LogP contribution in [0, 0.1) is 0 Å². The summed E-state index contributed by atoms with van der Waals surface area (Å²) in [6.07, 6.45) is -2.90. The van der Waals surface area contributed by atoms with Crippen molar-refractivity contribution in [3.63, 3.8) is 0 Å². The van der Waals surface area contributed by atoms with Crippen molar-refractivity contribution < 1.29 is 13.2 Å². The van der Waals surface area contributed by atoms with E-state index in [0.717, 1.165) is 11.8 Å². The van der Waals surface area contributed by atoms with E-state index in [9.17, 15) is 13.2 Å². The molecule has 0 aliphatic rings. The van der Waals surface area contributed by atoms with Crippen LogP contribution in [-0.4, -0.2) is 9.78 Å². The fourth-order valence-electron chi connectivity index (χ4n) is 2.24. The summed E-state index contributed by atoms with van der Waals surface area (Å²) in [5.41, 5.74) is 0.581. The number of benzene rings is 2. The fourth-order valence-corrected chi connectivity index (χ4v) is 2.24. The first-order chi connectivity index (χ1) is 10.1. The Balaban J connectivity index is 2.18. The second kappa shape index (κ2) is 5.09. The fraction of sp³-hybridized carbons (Fsp3) is 0.0625. The van der Waals surface area contributed by atoms with Crippen molar-refractivity contribution in [3.05, 3.63) is 72.4 Å². The van der Waals surface area contributed by atoms with Crippen molar-refractivity contribution in [1.82, 2.24) is 9.78 Å². The van der Waals surface area contributed by atoms with E-state index in [1.165, 1.54) is 23.0 Å². The third-order valence-electron chi connectivity index (χ3n) is 3.15. The third kappa shape index (κ3) is 2.54. The van der Waals surface area contributed by atoms with Gasteiger partial charge in [0.25, 0.3) is 0 Å². The Morgan fingerprint density at radius 1 is 0.810 bits per heavy atom. The molecule has 0 saturated heterocycles. The molecule has 21 heavy (non-hydrogen) atoms. The Hall–Kier alpha value is -2.56. The summed E-state index contributed by atoms with van der Waals surface area (Å²) >= 11 is 0. The molecule has 2 aromatic carbocycles. The number of aromatic nitrogens is 2. The van der Waals surface area contributed by atoms with Crippen molar-refractivity contribution in [1.29, 1.82) is 0 Å². The van der Waals surface area contributed by atoms with Crippen molar-refractivity contribution in [2.75, 3.05) is 0 Å². The minimum atomic E-state index is -4.40. The van der Waals surface area contributed by atoms with Crippen LogP contribution in [0.4, 0.5) is 13.2 Å². The van der Waals surface area contributed by atoms with E-state index in [2.05, 4.69) is 5.10 Å². The van der Waals surface area contributed by atoms with Gasteiger partial charge in [-0.25, -0.2) is 4.68 Å². The Bertz CT molecular complexity index is 745. The Morgan fingerprint density at radius 3 is 2.19 bits per heavy atom. The molecule has 1 heterocycles. The summed E-state index contributed by atoms with van der Waals surface area (Å²) in [5.74, 6) is 0. The van der Waals surface area contributed by atoms with E-state index in [1.54, 1.807) is 24.3 Å². The molecule has 0 saturated carbocycles. The van der Waals surface area contributed by atoms with Crippen LogP contribution in [0.1, 0.15) is 5.56 Å². The molecule has 1 aromatic heterocycles. The molecular weight excluding hydrogens is 277 g/mol. The van der Waals surface area contributed by atoms with Gasteiger partial charge in [0.1, 0.15) is 0 Å². The number of nitrogens with zero attached hydrogens (tertiary/aromatic N) is 2. The number of halogens is 3. The van der Waals surface area contributed by atoms with Gasteiger partial charge in [0.15, 0.2) is 0 Å². The van der Waals surface area contributed by atoms with Gasteiger partial charge in [0.05, 0.1) is 23.1 Å². The van der Waals surface area contributed by atoms with E-state index < -0.39 is 11.7 Å². The monoisotopic (exact) mass is 288 g/mol. The molecule has 0 radical (unpaired) electrons. The summed E-state index contributed by atoms with van der Waals surface area (Å²) in [5, 5.41) is 4.14. The van der Waals surface area contributed by atoms with Gasteiger partial charge in [0.2, 0.25) is 0 Å². The average molecular weight is 288 g/mol. The minimum absolute atomic E-state index is 0.117. The van der Waals surface area contributed by atoms with Crippen molar-refractivity contribution >= 4 is 0 Å². The smallest absolute Gasteiger partial charge is 0.233 e. The maximum absolute atomic E-state index is 13.1. The Morgan fingerprint density at radius 2 is 1.48 bits per heavy atom. The van der Waals surface area contributed by atoms with E-state index in [-0.39, 0.29) is 5.56 Å². The predicted octanol–water partition coefficient (Wildman–Crippen LogP) is 4.56. The zero-order chi connectivity index (χ0) is 14.9. The van der Waals surface area contributed by atoms with Crippen LogP contribution < -0.4 is 0 Å². The summed E-state index contributed by atoms with van der Waals surface area (Å²) < 4.78 is 40.9. The van der Waals surface area contributed by atoms with Crippen molar-refractivity contribution in [3.8, 4) is 16.9 Å². The molecule has 2 nitrogen and oxygen atoms in total. The molecule has 0 bridgehead atoms. The highest BCUT2D eigenvalue weighted by Gasteiger charge is 2.34. The standard InChI is InChI=1S/C16H11F3N2/c17-16(18,19)14-9-5-4-8-13(14)15-10-11-20-21(15)12-6-2-1-3-7-12/h1-11H. The zero-order valence-electron chi connectivity index (χ0n) is 10.9. The predicted molar refractivity (Wildman–Crippen MR) is 74.0 cm³/mol. The molecule has 0 fully saturated rings. The second-order valence-corrected chi connectivity index (χ2v) is 4.51. The molecule has 5 heteroatoms. The molecule has 0 aliphatic carbocycles. The number of alkyl halides is 3. The molecule has 0 atom stereocenters. The lowest BCUT2D eigenvalue weighted by atomic mass is 10.0. The highest BCUT2D eigenvalue weighted by Crippen LogP contribution is 2.37. The van der Waals surface area contributed by atoms with Gasteiger partial charge in [-0.2, -0.15) is 18.3 Å². The molecule has 3 aromatic rings. The van der Waals surface area contributed by atoms with Gasteiger partial charge in [-0.3, -0.25) is 0 Å². The molecule has 0 amide bonds. The number of hydrogen-bond donors (Lipinski definition) is 0. The first-order valence-corrected chi connectivity index (χ1v) is 6.33. The summed E-state index contributed by atoms with van der Waals surface area (Å²) in [4.78, 5) is 0. The van der Waals surface area contributed by atoms with Gasteiger partial charge in [-0.1, -0.05) is 36.4 Å². The number of rotatable bonds is 2. The SMILES string of the molecule is FC(F)(F)c1ccccc1-c1ccnn1-c1ccccc1. The van der Waals surface area contributed by atoms with Gasteiger partial charge in [-0.15, -0.1) is 0 Å². The topological polar surface area (TPSA) is 17.8 Å². The summed E-state index contributed by atoms with van der Waals surface area (Å²) in [6, 6.07) is 16.2. The molecule has 106 valence electrons.